The van der Waals surface area contributed by atoms with Crippen molar-refractivity contribution in [3.8, 4) is 11.3 Å². The summed E-state index contributed by atoms with van der Waals surface area (Å²) < 4.78 is 6.57. The molecule has 0 fully saturated rings. The number of rotatable bonds is 3. The normalized spacial score (nSPS) is 14.5. The topological polar surface area (TPSA) is 54.3 Å². The van der Waals surface area contributed by atoms with Gasteiger partial charge in [-0.15, -0.1) is 0 Å². The molecule has 0 bridgehead atoms. The van der Waals surface area contributed by atoms with Crippen LogP contribution in [-0.2, 0) is 4.79 Å². The van der Waals surface area contributed by atoms with Crippen LogP contribution in [-0.4, -0.2) is 5.91 Å². The average Bonchev–Trinajstić information content (AvgIpc) is 3.21. The molecule has 2 heterocycles. The minimum atomic E-state index is -0.111. The summed E-state index contributed by atoms with van der Waals surface area (Å²) in [5, 5.41) is 6.09. The van der Waals surface area contributed by atoms with Gasteiger partial charge in [-0.1, -0.05) is 12.1 Å². The number of nitrogens with one attached hydrogen (secondary N) is 2. The third-order valence-electron chi connectivity index (χ3n) is 3.84. The number of benzene rings is 2. The van der Waals surface area contributed by atoms with Crippen molar-refractivity contribution < 1.29 is 9.21 Å². The Kier molecular flexibility index (Phi) is 3.86. The van der Waals surface area contributed by atoms with Gasteiger partial charge in [-0.25, -0.2) is 0 Å². The molecular weight excluding hydrogens is 415 g/mol. The maximum atomic E-state index is 12.3. The van der Waals surface area contributed by atoms with Gasteiger partial charge >= 0.3 is 0 Å². The van der Waals surface area contributed by atoms with E-state index in [-0.39, 0.29) is 5.91 Å². The van der Waals surface area contributed by atoms with E-state index in [4.69, 9.17) is 4.42 Å². The van der Waals surface area contributed by atoms with Crippen molar-refractivity contribution in [1.82, 2.24) is 0 Å². The summed E-state index contributed by atoms with van der Waals surface area (Å²) in [4.78, 5) is 12.3. The fourth-order valence-electron chi connectivity index (χ4n) is 2.64. The molecule has 0 radical (unpaired) electrons. The van der Waals surface area contributed by atoms with Gasteiger partial charge in [-0.2, -0.15) is 0 Å². The van der Waals surface area contributed by atoms with Gasteiger partial charge in [0.2, 0.25) is 0 Å². The number of carbonyl (C=O) groups excluding carboxylic acids is 1. The second-order valence-electron chi connectivity index (χ2n) is 5.40. The number of fused-ring (bicyclic) bond motifs is 1. The Hall–Kier alpha value is -2.54. The second-order valence-corrected chi connectivity index (χ2v) is 6.65. The van der Waals surface area contributed by atoms with Crippen LogP contribution in [0.3, 0.4) is 0 Å². The fourth-order valence-corrected chi connectivity index (χ4v) is 3.00. The highest BCUT2D eigenvalue weighted by atomic mass is 127. The van der Waals surface area contributed by atoms with E-state index in [1.165, 1.54) is 3.57 Å². The van der Waals surface area contributed by atoms with Gasteiger partial charge in [-0.05, 0) is 65.1 Å². The maximum Gasteiger partial charge on any atom is 0.257 e. The van der Waals surface area contributed by atoms with Gasteiger partial charge in [0.1, 0.15) is 5.76 Å². The maximum absolute atomic E-state index is 12.3. The Labute approximate surface area is 152 Å². The lowest BCUT2D eigenvalue weighted by Crippen LogP contribution is -2.05. The number of furan rings is 1. The summed E-state index contributed by atoms with van der Waals surface area (Å²) in [6.07, 6.45) is 3.38. The van der Waals surface area contributed by atoms with Crippen LogP contribution in [0, 0.1) is 3.57 Å². The number of amides is 1. The molecule has 1 aliphatic heterocycles. The highest BCUT2D eigenvalue weighted by molar-refractivity contribution is 14.1. The first-order chi connectivity index (χ1) is 11.7. The molecule has 0 unspecified atom stereocenters. The Morgan fingerprint density at radius 3 is 2.67 bits per heavy atom. The molecule has 0 atom stereocenters. The van der Waals surface area contributed by atoms with E-state index in [0.717, 1.165) is 28.3 Å². The first-order valence-electron chi connectivity index (χ1n) is 7.43. The second kappa shape index (κ2) is 6.16. The molecule has 4 rings (SSSR count). The molecular formula is C19H13IN2O2. The van der Waals surface area contributed by atoms with Gasteiger partial charge in [0.05, 0.1) is 11.8 Å². The van der Waals surface area contributed by atoms with Gasteiger partial charge < -0.3 is 15.1 Å². The van der Waals surface area contributed by atoms with E-state index in [0.29, 0.717) is 5.57 Å². The Morgan fingerprint density at radius 2 is 1.92 bits per heavy atom. The van der Waals surface area contributed by atoms with Crippen LogP contribution in [0.2, 0.25) is 0 Å². The van der Waals surface area contributed by atoms with E-state index < -0.39 is 0 Å². The monoisotopic (exact) mass is 428 g/mol. The van der Waals surface area contributed by atoms with Crippen molar-refractivity contribution in [3.63, 3.8) is 0 Å². The predicted molar refractivity (Wildman–Crippen MR) is 104 cm³/mol. The predicted octanol–water partition coefficient (Wildman–Crippen LogP) is 4.96. The molecule has 4 nitrogen and oxygen atoms in total. The smallest absolute Gasteiger partial charge is 0.257 e. The minimum absolute atomic E-state index is 0.111. The molecule has 0 saturated carbocycles. The molecule has 0 aliphatic carbocycles. The number of carbonyl (C=O) groups is 1. The van der Waals surface area contributed by atoms with Crippen LogP contribution in [0.15, 0.2) is 71.5 Å². The van der Waals surface area contributed by atoms with Crippen molar-refractivity contribution >= 4 is 45.4 Å². The summed E-state index contributed by atoms with van der Waals surface area (Å²) >= 11 is 2.26. The highest BCUT2D eigenvalue weighted by Gasteiger charge is 2.24. The molecule has 5 heteroatoms. The van der Waals surface area contributed by atoms with Crippen LogP contribution in [0.5, 0.6) is 0 Å². The zero-order chi connectivity index (χ0) is 16.5. The molecule has 24 heavy (non-hydrogen) atoms. The number of halogens is 1. The zero-order valence-electron chi connectivity index (χ0n) is 12.5. The van der Waals surface area contributed by atoms with Gasteiger partial charge in [0.15, 0.2) is 0 Å². The lowest BCUT2D eigenvalue weighted by atomic mass is 10.0. The Bertz CT molecular complexity index is 929. The quantitative estimate of drug-likeness (QED) is 0.458. The highest BCUT2D eigenvalue weighted by Crippen LogP contribution is 2.35. The van der Waals surface area contributed by atoms with Crippen LogP contribution in [0.4, 0.5) is 11.4 Å². The number of anilines is 2. The van der Waals surface area contributed by atoms with Crippen molar-refractivity contribution in [2.75, 3.05) is 10.6 Å². The van der Waals surface area contributed by atoms with Crippen molar-refractivity contribution in [1.29, 1.82) is 0 Å². The van der Waals surface area contributed by atoms with Crippen molar-refractivity contribution in [3.05, 3.63) is 76.2 Å². The van der Waals surface area contributed by atoms with E-state index in [1.54, 1.807) is 12.5 Å². The molecule has 2 aromatic carbocycles. The minimum Gasteiger partial charge on any atom is -0.464 e. The van der Waals surface area contributed by atoms with E-state index in [9.17, 15) is 4.79 Å². The van der Waals surface area contributed by atoms with Gasteiger partial charge in [-0.3, -0.25) is 4.79 Å². The molecule has 1 aliphatic rings. The third kappa shape index (κ3) is 2.82. The molecule has 3 aromatic rings. The lowest BCUT2D eigenvalue weighted by Gasteiger charge is -2.04. The molecule has 1 aromatic heterocycles. The van der Waals surface area contributed by atoms with Gasteiger partial charge in [0.25, 0.3) is 5.91 Å². The van der Waals surface area contributed by atoms with Crippen LogP contribution < -0.4 is 10.6 Å². The zero-order valence-corrected chi connectivity index (χ0v) is 14.7. The largest absolute Gasteiger partial charge is 0.464 e. The summed E-state index contributed by atoms with van der Waals surface area (Å²) in [7, 11) is 0. The van der Waals surface area contributed by atoms with Crippen molar-refractivity contribution in [2.24, 2.45) is 0 Å². The van der Waals surface area contributed by atoms with Crippen LogP contribution in [0.1, 0.15) is 5.56 Å². The summed E-state index contributed by atoms with van der Waals surface area (Å²) in [6.45, 7) is 0. The fraction of sp³-hybridized carbons (Fsp3) is 0. The summed E-state index contributed by atoms with van der Waals surface area (Å²) in [6, 6.07) is 17.5. The molecule has 1 amide bonds. The molecule has 118 valence electrons. The SMILES string of the molecule is O=C1Nc2cc(-c3ccco3)ccc2C1=CNc1ccc(I)cc1. The standard InChI is InChI=1S/C19H13IN2O2/c20-13-4-6-14(7-5-13)21-11-16-15-8-3-12(18-2-1-9-24-18)10-17(15)22-19(16)23/h1-11,21H,(H,22,23). The first kappa shape index (κ1) is 15.0. The Balaban J connectivity index is 1.63. The number of hydrogen-bond acceptors (Lipinski definition) is 3. The van der Waals surface area contributed by atoms with Gasteiger partial charge in [0, 0.05) is 32.3 Å². The lowest BCUT2D eigenvalue weighted by molar-refractivity contribution is -0.110. The first-order valence-corrected chi connectivity index (χ1v) is 8.50. The average molecular weight is 428 g/mol. The van der Waals surface area contributed by atoms with Crippen LogP contribution in [0.25, 0.3) is 16.9 Å². The number of hydrogen-bond donors (Lipinski definition) is 2. The third-order valence-corrected chi connectivity index (χ3v) is 4.55. The van der Waals surface area contributed by atoms with Crippen molar-refractivity contribution in [2.45, 2.75) is 0 Å². The Morgan fingerprint density at radius 1 is 1.08 bits per heavy atom. The molecule has 2 N–H and O–H groups in total. The molecule has 0 saturated heterocycles. The van der Waals surface area contributed by atoms with E-state index in [1.807, 2.05) is 54.6 Å². The summed E-state index contributed by atoms with van der Waals surface area (Å²) in [5.41, 5.74) is 4.18. The summed E-state index contributed by atoms with van der Waals surface area (Å²) in [5.74, 6) is 0.668. The van der Waals surface area contributed by atoms with E-state index in [2.05, 4.69) is 33.2 Å². The van der Waals surface area contributed by atoms with Crippen LogP contribution >= 0.6 is 22.6 Å². The molecule has 0 spiro atoms. The van der Waals surface area contributed by atoms with E-state index >= 15 is 0 Å².